The van der Waals surface area contributed by atoms with Gasteiger partial charge in [-0.1, -0.05) is 29.5 Å². The minimum absolute atomic E-state index is 0.652. The van der Waals surface area contributed by atoms with E-state index < -0.39 is 0 Å². The van der Waals surface area contributed by atoms with Crippen LogP contribution in [0.2, 0.25) is 0 Å². The van der Waals surface area contributed by atoms with E-state index in [9.17, 15) is 0 Å². The third-order valence-corrected chi connectivity index (χ3v) is 2.03. The third-order valence-electron chi connectivity index (χ3n) is 1.34. The lowest BCUT2D eigenvalue weighted by Crippen LogP contribution is -2.12. The van der Waals surface area contributed by atoms with Gasteiger partial charge in [0.2, 0.25) is 0 Å². The van der Waals surface area contributed by atoms with Gasteiger partial charge in [0.1, 0.15) is 0 Å². The summed E-state index contributed by atoms with van der Waals surface area (Å²) in [6, 6.07) is 8.18. The van der Waals surface area contributed by atoms with Crippen molar-refractivity contribution in [3.63, 3.8) is 0 Å². The Morgan fingerprint density at radius 3 is 2.44 bits per heavy atom. The average molecular weight is 136 g/mol. The van der Waals surface area contributed by atoms with Crippen molar-refractivity contribution in [2.75, 3.05) is 0 Å². The molecule has 0 bridgehead atoms. The lowest BCUT2D eigenvalue weighted by atomic mass is 10.2. The zero-order valence-electron chi connectivity index (χ0n) is 5.30. The van der Waals surface area contributed by atoms with E-state index in [-0.39, 0.29) is 0 Å². The van der Waals surface area contributed by atoms with Gasteiger partial charge in [-0.25, -0.2) is 0 Å². The predicted octanol–water partition coefficient (Wildman–Crippen LogP) is -0.596. The van der Waals surface area contributed by atoms with Crippen LogP contribution in [-0.2, 0) is 6.54 Å². The zero-order valence-corrected chi connectivity index (χ0v) is 6.72. The van der Waals surface area contributed by atoms with Crippen LogP contribution in [0.4, 0.5) is 0 Å². The fourth-order valence-corrected chi connectivity index (χ4v) is 1.15. The van der Waals surface area contributed by atoms with Crippen molar-refractivity contribution in [2.24, 2.45) is 5.73 Å². The topological polar surface area (TPSA) is 26.0 Å². The molecule has 0 atom stereocenters. The summed E-state index contributed by atoms with van der Waals surface area (Å²) >= 11 is 0. The van der Waals surface area contributed by atoms with E-state index in [0.717, 1.165) is 0 Å². The second kappa shape index (κ2) is 2.80. The lowest BCUT2D eigenvalue weighted by Gasteiger charge is -1.98. The molecule has 1 aromatic carbocycles. The maximum Gasteiger partial charge on any atom is 0.0481 e. The van der Waals surface area contributed by atoms with Gasteiger partial charge in [-0.2, -0.15) is 0 Å². The van der Waals surface area contributed by atoms with E-state index in [1.807, 2.05) is 22.4 Å². The Bertz CT molecular complexity index is 198. The highest BCUT2D eigenvalue weighted by atomic mass is 28.1. The molecule has 0 amide bonds. The Morgan fingerprint density at radius 1 is 1.33 bits per heavy atom. The van der Waals surface area contributed by atoms with Gasteiger partial charge in [0.25, 0.3) is 0 Å². The summed E-state index contributed by atoms with van der Waals surface area (Å²) in [6.07, 6.45) is 0. The molecule has 0 aliphatic carbocycles. The molecule has 0 spiro atoms. The third kappa shape index (κ3) is 1.40. The van der Waals surface area contributed by atoms with E-state index in [1.165, 1.54) is 10.8 Å². The van der Waals surface area contributed by atoms with Crippen LogP contribution in [0.1, 0.15) is 5.56 Å². The van der Waals surface area contributed by atoms with Gasteiger partial charge in [-0.3, -0.25) is 0 Å². The summed E-state index contributed by atoms with van der Waals surface area (Å²) in [6.45, 7) is 0.652. The van der Waals surface area contributed by atoms with E-state index in [0.29, 0.717) is 6.54 Å². The van der Waals surface area contributed by atoms with Crippen LogP contribution >= 0.6 is 0 Å². The molecule has 0 aromatic heterocycles. The summed E-state index contributed by atoms with van der Waals surface area (Å²) in [5.41, 5.74) is 6.70. The van der Waals surface area contributed by atoms with Crippen molar-refractivity contribution in [1.82, 2.24) is 0 Å². The molecule has 1 radical (unpaired) electrons. The highest BCUT2D eigenvalue weighted by Gasteiger charge is 1.89. The molecule has 1 nitrogen and oxygen atoms in total. The fourth-order valence-electron chi connectivity index (χ4n) is 0.757. The van der Waals surface area contributed by atoms with Crippen molar-refractivity contribution >= 4 is 15.4 Å². The molecule has 1 aromatic rings. The molecule has 0 fully saturated rings. The first kappa shape index (κ1) is 6.52. The molecular formula is C7H10NSi. The van der Waals surface area contributed by atoms with Gasteiger partial charge >= 0.3 is 0 Å². The molecule has 0 aliphatic rings. The van der Waals surface area contributed by atoms with Crippen molar-refractivity contribution < 1.29 is 0 Å². The molecule has 2 heteroatoms. The highest BCUT2D eigenvalue weighted by Crippen LogP contribution is 1.90. The summed E-state index contributed by atoms with van der Waals surface area (Å²) < 4.78 is 0. The number of nitrogens with two attached hydrogens (primary N) is 1. The number of hydrogen-bond donors (Lipinski definition) is 1. The first-order chi connectivity index (χ1) is 4.34. The molecule has 1 rings (SSSR count). The maximum absolute atomic E-state index is 5.46. The van der Waals surface area contributed by atoms with Crippen molar-refractivity contribution in [3.8, 4) is 0 Å². The molecule has 9 heavy (non-hydrogen) atoms. The Balaban J connectivity index is 3.01. The molecule has 0 unspecified atom stereocenters. The van der Waals surface area contributed by atoms with Gasteiger partial charge in [0.05, 0.1) is 0 Å². The van der Waals surface area contributed by atoms with Crippen LogP contribution < -0.4 is 10.9 Å². The Labute approximate surface area is 58.3 Å². The molecule has 0 saturated carbocycles. The summed E-state index contributed by atoms with van der Waals surface area (Å²) in [5.74, 6) is 0. The fraction of sp³-hybridized carbons (Fsp3) is 0.143. The van der Waals surface area contributed by atoms with Gasteiger partial charge in [0.15, 0.2) is 0 Å². The van der Waals surface area contributed by atoms with Crippen LogP contribution in [0.5, 0.6) is 0 Å². The van der Waals surface area contributed by atoms with Crippen LogP contribution in [-0.4, -0.2) is 10.2 Å². The Kier molecular flexibility index (Phi) is 2.03. The van der Waals surface area contributed by atoms with Crippen LogP contribution in [0.25, 0.3) is 0 Å². The van der Waals surface area contributed by atoms with E-state index in [2.05, 4.69) is 12.1 Å². The van der Waals surface area contributed by atoms with Gasteiger partial charge in [0, 0.05) is 16.8 Å². The second-order valence-electron chi connectivity index (χ2n) is 1.97. The quantitative estimate of drug-likeness (QED) is 0.513. The summed E-state index contributed by atoms with van der Waals surface area (Å²) in [5, 5.41) is 1.31. The molecule has 47 valence electrons. The molecule has 0 heterocycles. The SMILES string of the molecule is NCc1ccccc1[SiH2]. The normalized spacial score (nSPS) is 9.56. The summed E-state index contributed by atoms with van der Waals surface area (Å²) in [4.78, 5) is 0. The predicted molar refractivity (Wildman–Crippen MR) is 42.5 cm³/mol. The molecule has 2 N–H and O–H groups in total. The minimum atomic E-state index is 0.652. The van der Waals surface area contributed by atoms with E-state index in [4.69, 9.17) is 5.73 Å². The standard InChI is InChI=1S/C7H10NSi/c8-5-6-3-1-2-4-7(6)9/h1-4H,5,8-9H2. The monoisotopic (exact) mass is 136 g/mol. The van der Waals surface area contributed by atoms with Crippen LogP contribution in [0.15, 0.2) is 24.3 Å². The number of hydrogen-bond acceptors (Lipinski definition) is 1. The van der Waals surface area contributed by atoms with Gasteiger partial charge in [-0.15, -0.1) is 0 Å². The molecule has 0 aliphatic heterocycles. The first-order valence-electron chi connectivity index (χ1n) is 2.94. The van der Waals surface area contributed by atoms with Crippen LogP contribution in [0.3, 0.4) is 0 Å². The van der Waals surface area contributed by atoms with Crippen molar-refractivity contribution in [3.05, 3.63) is 29.8 Å². The molecule has 0 saturated heterocycles. The van der Waals surface area contributed by atoms with Crippen molar-refractivity contribution in [2.45, 2.75) is 6.54 Å². The Hall–Kier alpha value is -0.603. The van der Waals surface area contributed by atoms with E-state index >= 15 is 0 Å². The highest BCUT2D eigenvalue weighted by molar-refractivity contribution is 6.33. The number of benzene rings is 1. The zero-order chi connectivity index (χ0) is 6.69. The number of rotatable bonds is 1. The van der Waals surface area contributed by atoms with E-state index in [1.54, 1.807) is 0 Å². The maximum atomic E-state index is 5.46. The first-order valence-corrected chi connectivity index (χ1v) is 3.65. The van der Waals surface area contributed by atoms with Gasteiger partial charge < -0.3 is 5.73 Å². The second-order valence-corrected chi connectivity index (χ2v) is 2.73. The average Bonchev–Trinajstić information content (AvgIpc) is 1.89. The smallest absolute Gasteiger partial charge is 0.0481 e. The van der Waals surface area contributed by atoms with Crippen LogP contribution in [0, 0.1) is 0 Å². The minimum Gasteiger partial charge on any atom is -0.327 e. The largest absolute Gasteiger partial charge is 0.327 e. The lowest BCUT2D eigenvalue weighted by molar-refractivity contribution is 1.08. The Morgan fingerprint density at radius 2 is 2.00 bits per heavy atom. The van der Waals surface area contributed by atoms with Crippen molar-refractivity contribution in [1.29, 1.82) is 0 Å². The molecular weight excluding hydrogens is 126 g/mol. The summed E-state index contributed by atoms with van der Waals surface area (Å²) in [7, 11) is 1.88. The van der Waals surface area contributed by atoms with Gasteiger partial charge in [-0.05, 0) is 5.56 Å².